The highest BCUT2D eigenvalue weighted by Crippen LogP contribution is 2.37. The van der Waals surface area contributed by atoms with Gasteiger partial charge in [0.1, 0.15) is 11.3 Å². The second kappa shape index (κ2) is 9.11. The number of aromatic nitrogens is 1. The molecule has 0 aliphatic heterocycles. The van der Waals surface area contributed by atoms with Gasteiger partial charge in [0.2, 0.25) is 0 Å². The number of furan rings is 1. The van der Waals surface area contributed by atoms with Gasteiger partial charge in [0, 0.05) is 35.0 Å². The number of alkyl halides is 3. The van der Waals surface area contributed by atoms with E-state index in [-0.39, 0.29) is 24.5 Å². The molecule has 6 nitrogen and oxygen atoms in total. The number of carbonyl (C=O) groups excluding carboxylic acids is 1. The van der Waals surface area contributed by atoms with Crippen LogP contribution in [-0.2, 0) is 17.5 Å². The lowest BCUT2D eigenvalue weighted by molar-refractivity contribution is -0.143. The van der Waals surface area contributed by atoms with E-state index < -0.39 is 17.8 Å². The van der Waals surface area contributed by atoms with E-state index >= 15 is 0 Å². The Morgan fingerprint density at radius 2 is 2.00 bits per heavy atom. The number of hydrogen-bond acceptors (Lipinski definition) is 4. The van der Waals surface area contributed by atoms with Crippen LogP contribution >= 0.6 is 0 Å². The number of ether oxygens (including phenoxy) is 1. The van der Waals surface area contributed by atoms with Gasteiger partial charge in [0.05, 0.1) is 12.8 Å². The van der Waals surface area contributed by atoms with Gasteiger partial charge in [-0.1, -0.05) is 29.8 Å². The number of nitrogens with zero attached hydrogens (tertiary/aromatic N) is 2. The van der Waals surface area contributed by atoms with Crippen molar-refractivity contribution in [3.05, 3.63) is 71.1 Å². The van der Waals surface area contributed by atoms with Crippen LogP contribution in [0.4, 0.5) is 13.2 Å². The number of carbonyl (C=O) groups is 1. The van der Waals surface area contributed by atoms with Crippen LogP contribution in [0, 0.1) is 6.92 Å². The molecule has 2 aromatic heterocycles. The molecule has 0 aliphatic carbocycles. The summed E-state index contributed by atoms with van der Waals surface area (Å²) in [6, 6.07) is 13.6. The van der Waals surface area contributed by atoms with E-state index in [1.807, 2.05) is 19.1 Å². The third-order valence-corrected chi connectivity index (χ3v) is 5.20. The van der Waals surface area contributed by atoms with E-state index in [1.54, 1.807) is 43.3 Å². The van der Waals surface area contributed by atoms with Crippen LogP contribution in [0.2, 0.25) is 0 Å². The summed E-state index contributed by atoms with van der Waals surface area (Å²) < 4.78 is 54.1. The number of hydrogen-bond donors (Lipinski definition) is 1. The van der Waals surface area contributed by atoms with Gasteiger partial charge in [-0.05, 0) is 38.1 Å². The van der Waals surface area contributed by atoms with Gasteiger partial charge in [-0.25, -0.2) is 5.43 Å². The largest absolute Gasteiger partial charge is 0.451 e. The predicted octanol–water partition coefficient (Wildman–Crippen LogP) is 5.52. The Labute approximate surface area is 187 Å². The van der Waals surface area contributed by atoms with Gasteiger partial charge in [0.25, 0.3) is 0 Å². The number of halogens is 3. The number of hydrazone groups is 1. The molecule has 0 radical (unpaired) electrons. The fourth-order valence-corrected chi connectivity index (χ4v) is 3.78. The molecule has 1 N–H and O–H groups in total. The molecule has 0 fully saturated rings. The summed E-state index contributed by atoms with van der Waals surface area (Å²) >= 11 is 0. The fraction of sp³-hybridized carbons (Fsp3) is 0.250. The van der Waals surface area contributed by atoms with E-state index in [0.29, 0.717) is 23.1 Å². The Morgan fingerprint density at radius 1 is 1.21 bits per heavy atom. The molecule has 0 spiro atoms. The van der Waals surface area contributed by atoms with Crippen LogP contribution in [0.15, 0.2) is 58.0 Å². The second-order valence-corrected chi connectivity index (χ2v) is 7.48. The first-order valence-electron chi connectivity index (χ1n) is 10.4. The first-order valence-corrected chi connectivity index (χ1v) is 10.4. The molecule has 9 heteroatoms. The summed E-state index contributed by atoms with van der Waals surface area (Å²) in [5, 5.41) is 4.94. The maximum Gasteiger partial charge on any atom is 0.432 e. The fourth-order valence-electron chi connectivity index (χ4n) is 3.78. The molecule has 0 saturated heterocycles. The van der Waals surface area contributed by atoms with Crippen molar-refractivity contribution in [2.75, 3.05) is 13.2 Å². The van der Waals surface area contributed by atoms with Crippen molar-refractivity contribution in [1.82, 2.24) is 9.99 Å². The highest BCUT2D eigenvalue weighted by Gasteiger charge is 2.38. The highest BCUT2D eigenvalue weighted by atomic mass is 19.4. The Kier molecular flexibility index (Phi) is 6.24. The van der Waals surface area contributed by atoms with E-state index in [4.69, 9.17) is 9.15 Å². The lowest BCUT2D eigenvalue weighted by Crippen LogP contribution is -2.19. The van der Waals surface area contributed by atoms with Crippen LogP contribution in [0.25, 0.3) is 21.9 Å². The molecule has 0 atom stereocenters. The smallest absolute Gasteiger partial charge is 0.432 e. The van der Waals surface area contributed by atoms with Gasteiger partial charge in [-0.15, -0.1) is 0 Å². The van der Waals surface area contributed by atoms with E-state index in [9.17, 15) is 18.0 Å². The van der Waals surface area contributed by atoms with Gasteiger partial charge in [0.15, 0.2) is 5.76 Å². The van der Waals surface area contributed by atoms with Gasteiger partial charge in [-0.2, -0.15) is 18.3 Å². The van der Waals surface area contributed by atoms with E-state index in [0.717, 1.165) is 17.2 Å². The van der Waals surface area contributed by atoms with Crippen LogP contribution in [0.1, 0.15) is 34.3 Å². The Morgan fingerprint density at radius 3 is 2.76 bits per heavy atom. The molecule has 0 saturated carbocycles. The standard InChI is InChI=1S/C24H22F3N3O3/c1-3-32-11-10-30-19-7-5-4-6-17(19)18(22(30)24(25,26)27)14-28-29-23(31)21-13-16-12-15(2)8-9-20(16)33-21/h4-9,12-14H,3,10-11H2,1-2H3,(H,29,31)/b28-14+. The van der Waals surface area contributed by atoms with Crippen LogP contribution in [-0.4, -0.2) is 29.9 Å². The zero-order valence-corrected chi connectivity index (χ0v) is 18.1. The monoisotopic (exact) mass is 457 g/mol. The van der Waals surface area contributed by atoms with Crippen molar-refractivity contribution in [2.45, 2.75) is 26.6 Å². The molecule has 4 aromatic rings. The molecule has 1 amide bonds. The van der Waals surface area contributed by atoms with Crippen molar-refractivity contribution in [3.63, 3.8) is 0 Å². The molecular weight excluding hydrogens is 435 g/mol. The summed E-state index contributed by atoms with van der Waals surface area (Å²) in [4.78, 5) is 12.5. The minimum absolute atomic E-state index is 0.0166. The summed E-state index contributed by atoms with van der Waals surface area (Å²) in [6.45, 7) is 4.27. The first-order chi connectivity index (χ1) is 15.8. The zero-order chi connectivity index (χ0) is 23.6. The average molecular weight is 457 g/mol. The zero-order valence-electron chi connectivity index (χ0n) is 18.1. The summed E-state index contributed by atoms with van der Waals surface area (Å²) in [5.74, 6) is -0.642. The lowest BCUT2D eigenvalue weighted by Gasteiger charge is -2.14. The molecule has 2 aromatic carbocycles. The van der Waals surface area contributed by atoms with Gasteiger partial charge < -0.3 is 13.7 Å². The summed E-state index contributed by atoms with van der Waals surface area (Å²) in [7, 11) is 0. The predicted molar refractivity (Wildman–Crippen MR) is 119 cm³/mol. The molecule has 0 unspecified atom stereocenters. The molecule has 0 bridgehead atoms. The number of fused-ring (bicyclic) bond motifs is 2. The number of amides is 1. The van der Waals surface area contributed by atoms with Crippen molar-refractivity contribution in [3.8, 4) is 0 Å². The first kappa shape index (κ1) is 22.6. The summed E-state index contributed by atoms with van der Waals surface area (Å²) in [5.41, 5.74) is 3.24. The van der Waals surface area contributed by atoms with E-state index in [1.165, 1.54) is 4.57 Å². The molecular formula is C24H22F3N3O3. The van der Waals surface area contributed by atoms with Crippen molar-refractivity contribution < 1.29 is 27.1 Å². The second-order valence-electron chi connectivity index (χ2n) is 7.48. The molecule has 4 rings (SSSR count). The Hall–Kier alpha value is -3.59. The van der Waals surface area contributed by atoms with Crippen molar-refractivity contribution in [2.24, 2.45) is 5.10 Å². The number of rotatable bonds is 7. The average Bonchev–Trinajstić information content (AvgIpc) is 3.33. The minimum Gasteiger partial charge on any atom is -0.451 e. The minimum atomic E-state index is -4.63. The van der Waals surface area contributed by atoms with Gasteiger partial charge in [-0.3, -0.25) is 4.79 Å². The number of nitrogens with one attached hydrogen (secondary N) is 1. The van der Waals surface area contributed by atoms with Crippen molar-refractivity contribution >= 4 is 34.0 Å². The number of para-hydroxylation sites is 1. The van der Waals surface area contributed by atoms with Gasteiger partial charge >= 0.3 is 12.1 Å². The molecule has 0 aliphatic rings. The summed E-state index contributed by atoms with van der Waals surface area (Å²) in [6.07, 6.45) is -3.61. The number of aryl methyl sites for hydroxylation is 1. The van der Waals surface area contributed by atoms with Crippen molar-refractivity contribution in [1.29, 1.82) is 0 Å². The quantitative estimate of drug-likeness (QED) is 0.226. The molecule has 2 heterocycles. The van der Waals surface area contributed by atoms with Crippen LogP contribution in [0.3, 0.4) is 0 Å². The molecule has 33 heavy (non-hydrogen) atoms. The SMILES string of the molecule is CCOCCn1c(C(F)(F)F)c(/C=N/NC(=O)c2cc3cc(C)ccc3o2)c2ccccc21. The Balaban J connectivity index is 1.66. The number of benzene rings is 2. The highest BCUT2D eigenvalue weighted by molar-refractivity contribution is 6.02. The normalized spacial score (nSPS) is 12.3. The molecule has 172 valence electrons. The van der Waals surface area contributed by atoms with E-state index in [2.05, 4.69) is 10.5 Å². The maximum absolute atomic E-state index is 14.0. The van der Waals surface area contributed by atoms with Crippen LogP contribution < -0.4 is 5.43 Å². The topological polar surface area (TPSA) is 68.8 Å². The third-order valence-electron chi connectivity index (χ3n) is 5.20. The lowest BCUT2D eigenvalue weighted by atomic mass is 10.1. The third kappa shape index (κ3) is 4.63. The Bertz CT molecular complexity index is 1340. The maximum atomic E-state index is 14.0. The van der Waals surface area contributed by atoms with Crippen LogP contribution in [0.5, 0.6) is 0 Å².